The molecule has 0 aliphatic rings. The first kappa shape index (κ1) is 16.0. The quantitative estimate of drug-likeness (QED) is 0.755. The average molecular weight is 266 g/mol. The van der Waals surface area contributed by atoms with Crippen molar-refractivity contribution in [2.24, 2.45) is 0 Å². The van der Waals surface area contributed by atoms with Crippen LogP contribution in [0.25, 0.3) is 0 Å². The maximum atomic E-state index is 9.93. The number of hydrogen-bond donors (Lipinski definition) is 2. The summed E-state index contributed by atoms with van der Waals surface area (Å²) in [6.45, 7) is 9.67. The Morgan fingerprint density at radius 2 is 1.89 bits per heavy atom. The fourth-order valence-corrected chi connectivity index (χ4v) is 1.90. The van der Waals surface area contributed by atoms with Gasteiger partial charge in [0.25, 0.3) is 0 Å². The van der Waals surface area contributed by atoms with E-state index in [4.69, 9.17) is 4.74 Å². The van der Waals surface area contributed by atoms with Crippen molar-refractivity contribution >= 4 is 0 Å². The highest BCUT2D eigenvalue weighted by Gasteiger charge is 2.12. The first-order chi connectivity index (χ1) is 9.04. The number of benzene rings is 1. The van der Waals surface area contributed by atoms with Gasteiger partial charge in [-0.15, -0.1) is 0 Å². The second-order valence-corrected chi connectivity index (χ2v) is 5.51. The normalized spacial score (nSPS) is 14.4. The van der Waals surface area contributed by atoms with Crippen LogP contribution in [0.1, 0.15) is 45.6 Å². The fourth-order valence-electron chi connectivity index (χ4n) is 1.90. The molecule has 0 fully saturated rings. The molecule has 2 atom stereocenters. The predicted octanol–water partition coefficient (Wildman–Crippen LogP) is 1.91. The van der Waals surface area contributed by atoms with Gasteiger partial charge >= 0.3 is 0 Å². The van der Waals surface area contributed by atoms with Crippen molar-refractivity contribution in [2.75, 3.05) is 13.2 Å². The Balaban J connectivity index is 2.44. The minimum absolute atomic E-state index is 0.358. The van der Waals surface area contributed by atoms with E-state index in [9.17, 15) is 5.11 Å². The van der Waals surface area contributed by atoms with Crippen LogP contribution in [-0.4, -0.2) is 30.4 Å². The van der Waals surface area contributed by atoms with Crippen molar-refractivity contribution in [1.82, 2.24) is 0 Å². The maximum absolute atomic E-state index is 9.93. The number of aliphatic hydroxyl groups is 1. The van der Waals surface area contributed by atoms with E-state index in [1.54, 1.807) is 0 Å². The molecule has 3 nitrogen and oxygen atoms in total. The molecule has 108 valence electrons. The van der Waals surface area contributed by atoms with Gasteiger partial charge in [-0.3, -0.25) is 0 Å². The van der Waals surface area contributed by atoms with E-state index in [1.807, 2.05) is 18.2 Å². The van der Waals surface area contributed by atoms with Crippen LogP contribution in [0.2, 0.25) is 0 Å². The molecule has 0 amide bonds. The number of para-hydroxylation sites is 1. The molecule has 0 aliphatic heterocycles. The van der Waals surface area contributed by atoms with Gasteiger partial charge in [0.1, 0.15) is 25.0 Å². The third kappa shape index (κ3) is 5.62. The van der Waals surface area contributed by atoms with Crippen LogP contribution in [0.3, 0.4) is 0 Å². The van der Waals surface area contributed by atoms with Crippen molar-refractivity contribution < 1.29 is 15.2 Å². The fraction of sp³-hybridized carbons (Fsp3) is 0.625. The highest BCUT2D eigenvalue weighted by atomic mass is 16.5. The number of ether oxygens (including phenoxy) is 1. The summed E-state index contributed by atoms with van der Waals surface area (Å²) in [4.78, 5) is 0. The summed E-state index contributed by atoms with van der Waals surface area (Å²) >= 11 is 0. The summed E-state index contributed by atoms with van der Waals surface area (Å²) in [7, 11) is 0. The summed E-state index contributed by atoms with van der Waals surface area (Å²) in [5, 5.41) is 12.1. The molecule has 0 bridgehead atoms. The van der Waals surface area contributed by atoms with Gasteiger partial charge in [-0.1, -0.05) is 39.0 Å². The first-order valence-corrected chi connectivity index (χ1v) is 7.27. The molecule has 0 heterocycles. The van der Waals surface area contributed by atoms with Gasteiger partial charge in [0, 0.05) is 0 Å². The molecular formula is C16H28NO2+. The number of rotatable bonds is 8. The Morgan fingerprint density at radius 3 is 2.53 bits per heavy atom. The molecule has 1 aromatic rings. The summed E-state index contributed by atoms with van der Waals surface area (Å²) in [5.41, 5.74) is 1.20. The van der Waals surface area contributed by atoms with Gasteiger partial charge in [0.2, 0.25) is 0 Å². The SMILES string of the molecule is CC[C@H](C)[NH2+]C[C@H](O)COc1ccccc1C(C)C. The van der Waals surface area contributed by atoms with Gasteiger partial charge in [0.15, 0.2) is 0 Å². The Kier molecular flexibility index (Phi) is 6.89. The van der Waals surface area contributed by atoms with E-state index in [2.05, 4.69) is 39.1 Å². The zero-order valence-corrected chi connectivity index (χ0v) is 12.6. The molecule has 0 spiro atoms. The van der Waals surface area contributed by atoms with Crippen molar-refractivity contribution in [3.05, 3.63) is 29.8 Å². The van der Waals surface area contributed by atoms with E-state index in [1.165, 1.54) is 5.56 Å². The molecule has 3 heteroatoms. The van der Waals surface area contributed by atoms with Gasteiger partial charge in [-0.2, -0.15) is 0 Å². The summed E-state index contributed by atoms with van der Waals surface area (Å²) in [6, 6.07) is 8.60. The summed E-state index contributed by atoms with van der Waals surface area (Å²) < 4.78 is 5.76. The van der Waals surface area contributed by atoms with Crippen molar-refractivity contribution in [3.63, 3.8) is 0 Å². The lowest BCUT2D eigenvalue weighted by atomic mass is 10.0. The molecule has 1 rings (SSSR count). The lowest BCUT2D eigenvalue weighted by molar-refractivity contribution is -0.691. The topological polar surface area (TPSA) is 46.1 Å². The van der Waals surface area contributed by atoms with Crippen LogP contribution in [0.15, 0.2) is 24.3 Å². The van der Waals surface area contributed by atoms with E-state index in [-0.39, 0.29) is 0 Å². The zero-order chi connectivity index (χ0) is 14.3. The van der Waals surface area contributed by atoms with Crippen LogP contribution >= 0.6 is 0 Å². The Morgan fingerprint density at radius 1 is 1.21 bits per heavy atom. The molecular weight excluding hydrogens is 238 g/mol. The number of quaternary nitrogens is 1. The standard InChI is InChI=1S/C16H27NO2/c1-5-13(4)17-10-14(18)11-19-16-9-7-6-8-15(16)12(2)3/h6-9,12-14,17-18H,5,10-11H2,1-4H3/p+1/t13-,14-/m0/s1. The van der Waals surface area contributed by atoms with E-state index in [0.29, 0.717) is 25.1 Å². The highest BCUT2D eigenvalue weighted by Crippen LogP contribution is 2.25. The summed E-state index contributed by atoms with van der Waals surface area (Å²) in [6.07, 6.45) is 0.693. The van der Waals surface area contributed by atoms with Crippen LogP contribution in [0.4, 0.5) is 0 Å². The molecule has 0 radical (unpaired) electrons. The Hall–Kier alpha value is -1.06. The molecule has 0 aromatic heterocycles. The van der Waals surface area contributed by atoms with Crippen LogP contribution < -0.4 is 10.1 Å². The number of nitrogens with two attached hydrogens (primary N) is 1. The third-order valence-electron chi connectivity index (χ3n) is 3.43. The molecule has 0 aliphatic carbocycles. The largest absolute Gasteiger partial charge is 0.490 e. The Labute approximate surface area is 117 Å². The average Bonchev–Trinajstić information content (AvgIpc) is 2.42. The zero-order valence-electron chi connectivity index (χ0n) is 12.6. The second-order valence-electron chi connectivity index (χ2n) is 5.51. The van der Waals surface area contributed by atoms with E-state index < -0.39 is 6.10 Å². The Bertz CT molecular complexity index is 366. The number of aliphatic hydroxyl groups excluding tert-OH is 1. The van der Waals surface area contributed by atoms with Crippen LogP contribution in [0.5, 0.6) is 5.75 Å². The predicted molar refractivity (Wildman–Crippen MR) is 78.6 cm³/mol. The first-order valence-electron chi connectivity index (χ1n) is 7.27. The molecule has 0 saturated carbocycles. The van der Waals surface area contributed by atoms with Gasteiger partial charge < -0.3 is 15.2 Å². The molecule has 0 unspecified atom stereocenters. The molecule has 19 heavy (non-hydrogen) atoms. The van der Waals surface area contributed by atoms with Crippen molar-refractivity contribution in [1.29, 1.82) is 0 Å². The number of hydrogen-bond acceptors (Lipinski definition) is 2. The second kappa shape index (κ2) is 8.18. The van der Waals surface area contributed by atoms with E-state index in [0.717, 1.165) is 12.2 Å². The molecule has 1 aromatic carbocycles. The van der Waals surface area contributed by atoms with Gasteiger partial charge in [-0.25, -0.2) is 0 Å². The van der Waals surface area contributed by atoms with E-state index >= 15 is 0 Å². The van der Waals surface area contributed by atoms with Crippen LogP contribution in [0, 0.1) is 0 Å². The van der Waals surface area contributed by atoms with Gasteiger partial charge in [0.05, 0.1) is 6.04 Å². The smallest absolute Gasteiger partial charge is 0.137 e. The minimum Gasteiger partial charge on any atom is -0.490 e. The highest BCUT2D eigenvalue weighted by molar-refractivity contribution is 5.35. The third-order valence-corrected chi connectivity index (χ3v) is 3.43. The molecule has 0 saturated heterocycles. The van der Waals surface area contributed by atoms with Crippen molar-refractivity contribution in [2.45, 2.75) is 52.2 Å². The summed E-state index contributed by atoms with van der Waals surface area (Å²) in [5.74, 6) is 1.32. The van der Waals surface area contributed by atoms with Crippen molar-refractivity contribution in [3.8, 4) is 5.75 Å². The molecule has 3 N–H and O–H groups in total. The maximum Gasteiger partial charge on any atom is 0.137 e. The lowest BCUT2D eigenvalue weighted by Crippen LogP contribution is -2.91. The lowest BCUT2D eigenvalue weighted by Gasteiger charge is -2.17. The van der Waals surface area contributed by atoms with Crippen LogP contribution in [-0.2, 0) is 0 Å². The minimum atomic E-state index is -0.422. The monoisotopic (exact) mass is 266 g/mol. The van der Waals surface area contributed by atoms with Gasteiger partial charge in [-0.05, 0) is 30.9 Å².